The predicted octanol–water partition coefficient (Wildman–Crippen LogP) is 1.60. The average Bonchev–Trinajstić information content (AvgIpc) is 2.42. The lowest BCUT2D eigenvalue weighted by atomic mass is 10.1. The minimum atomic E-state index is -3.30. The predicted molar refractivity (Wildman–Crippen MR) is 60.8 cm³/mol. The lowest BCUT2D eigenvalue weighted by molar-refractivity contribution is 0.0998. The number of halogens is 1. The minimum absolute atomic E-state index is 0.278. The smallest absolute Gasteiger partial charge is 0.181 e. The highest BCUT2D eigenvalue weighted by atomic mass is 79.9. The Hall–Kier alpha value is -0.680. The van der Waals surface area contributed by atoms with Crippen LogP contribution < -0.4 is 0 Å². The summed E-state index contributed by atoms with van der Waals surface area (Å²) in [6.07, 6.45) is 1.41. The van der Waals surface area contributed by atoms with E-state index in [9.17, 15) is 13.2 Å². The van der Waals surface area contributed by atoms with E-state index in [0.717, 1.165) is 16.3 Å². The summed E-state index contributed by atoms with van der Waals surface area (Å²) in [6.45, 7) is 0. The van der Waals surface area contributed by atoms with Gasteiger partial charge in [-0.15, -0.1) is 0 Å². The minimum Gasteiger partial charge on any atom is -0.293 e. The first-order chi connectivity index (χ1) is 6.89. The molecule has 0 saturated heterocycles. The molecule has 15 heavy (non-hydrogen) atoms. The highest BCUT2D eigenvalue weighted by Gasteiger charge is 2.37. The van der Waals surface area contributed by atoms with Crippen molar-refractivity contribution in [2.24, 2.45) is 0 Å². The Labute approximate surface area is 96.5 Å². The Morgan fingerprint density at radius 1 is 1.40 bits per heavy atom. The molecule has 0 saturated carbocycles. The Kier molecular flexibility index (Phi) is 2.47. The molecular formula is C10H9BrO3S. The third-order valence-corrected chi connectivity index (χ3v) is 4.45. The molecule has 3 nitrogen and oxygen atoms in total. The maximum Gasteiger partial charge on any atom is 0.181 e. The molecule has 0 spiro atoms. The van der Waals surface area contributed by atoms with Crippen molar-refractivity contribution in [2.45, 2.75) is 11.7 Å². The fourth-order valence-electron chi connectivity index (χ4n) is 1.78. The van der Waals surface area contributed by atoms with Crippen LogP contribution in [0.1, 0.15) is 15.9 Å². The molecule has 2 rings (SSSR count). The Balaban J connectivity index is 2.51. The van der Waals surface area contributed by atoms with E-state index in [2.05, 4.69) is 15.9 Å². The summed E-state index contributed by atoms with van der Waals surface area (Å²) in [6, 6.07) is 5.23. The van der Waals surface area contributed by atoms with Gasteiger partial charge in [-0.1, -0.05) is 15.9 Å². The van der Waals surface area contributed by atoms with Gasteiger partial charge in [-0.25, -0.2) is 8.42 Å². The van der Waals surface area contributed by atoms with E-state index in [-0.39, 0.29) is 5.78 Å². The van der Waals surface area contributed by atoms with Crippen molar-refractivity contribution < 1.29 is 13.2 Å². The molecule has 0 aromatic heterocycles. The topological polar surface area (TPSA) is 51.2 Å². The third-order valence-electron chi connectivity index (χ3n) is 2.55. The van der Waals surface area contributed by atoms with E-state index in [1.807, 2.05) is 0 Å². The quantitative estimate of drug-likeness (QED) is 0.789. The van der Waals surface area contributed by atoms with E-state index in [1.165, 1.54) is 0 Å². The van der Waals surface area contributed by atoms with Crippen LogP contribution in [0.4, 0.5) is 0 Å². The molecule has 80 valence electrons. The molecule has 5 heteroatoms. The molecule has 0 amide bonds. The van der Waals surface area contributed by atoms with E-state index in [0.29, 0.717) is 12.0 Å². The summed E-state index contributed by atoms with van der Waals surface area (Å²) in [5, 5.41) is -0.887. The highest BCUT2D eigenvalue weighted by molar-refractivity contribution is 9.10. The highest BCUT2D eigenvalue weighted by Crippen LogP contribution is 2.28. The van der Waals surface area contributed by atoms with Gasteiger partial charge >= 0.3 is 0 Å². The molecule has 0 heterocycles. The van der Waals surface area contributed by atoms with Crippen molar-refractivity contribution in [1.82, 2.24) is 0 Å². The summed E-state index contributed by atoms with van der Waals surface area (Å²) in [5.74, 6) is -0.278. The number of ketones is 1. The van der Waals surface area contributed by atoms with Crippen LogP contribution in [-0.4, -0.2) is 25.7 Å². The van der Waals surface area contributed by atoms with E-state index in [4.69, 9.17) is 0 Å². The maximum atomic E-state index is 11.8. The van der Waals surface area contributed by atoms with Crippen LogP contribution in [0.25, 0.3) is 0 Å². The van der Waals surface area contributed by atoms with Gasteiger partial charge in [0.1, 0.15) is 5.25 Å². The second kappa shape index (κ2) is 3.42. The number of carbonyl (C=O) groups excluding carboxylic acids is 1. The third kappa shape index (κ3) is 1.86. The molecule has 0 N–H and O–H groups in total. The van der Waals surface area contributed by atoms with Gasteiger partial charge in [-0.3, -0.25) is 4.79 Å². The molecular weight excluding hydrogens is 280 g/mol. The first-order valence-electron chi connectivity index (χ1n) is 4.41. The molecule has 1 aromatic rings. The zero-order valence-electron chi connectivity index (χ0n) is 8.03. The normalized spacial score (nSPS) is 20.4. The van der Waals surface area contributed by atoms with Crippen molar-refractivity contribution in [1.29, 1.82) is 0 Å². The molecule has 0 bridgehead atoms. The van der Waals surface area contributed by atoms with Crippen molar-refractivity contribution in [3.8, 4) is 0 Å². The van der Waals surface area contributed by atoms with Crippen LogP contribution in [0.2, 0.25) is 0 Å². The summed E-state index contributed by atoms with van der Waals surface area (Å²) in [4.78, 5) is 11.8. The van der Waals surface area contributed by atoms with Gasteiger partial charge in [0.15, 0.2) is 15.6 Å². The first-order valence-corrected chi connectivity index (χ1v) is 7.16. The largest absolute Gasteiger partial charge is 0.293 e. The molecule has 1 aliphatic carbocycles. The lowest BCUT2D eigenvalue weighted by Crippen LogP contribution is -2.26. The second-order valence-electron chi connectivity index (χ2n) is 3.69. The van der Waals surface area contributed by atoms with Crippen molar-refractivity contribution in [3.05, 3.63) is 33.8 Å². The van der Waals surface area contributed by atoms with E-state index in [1.54, 1.807) is 18.2 Å². The van der Waals surface area contributed by atoms with Gasteiger partial charge in [0.2, 0.25) is 0 Å². The number of sulfone groups is 1. The van der Waals surface area contributed by atoms with Crippen LogP contribution in [0.3, 0.4) is 0 Å². The molecule has 1 aromatic carbocycles. The van der Waals surface area contributed by atoms with Crippen molar-refractivity contribution in [3.63, 3.8) is 0 Å². The Bertz CT molecular complexity index is 534. The van der Waals surface area contributed by atoms with Crippen LogP contribution >= 0.6 is 15.9 Å². The SMILES string of the molecule is CS(=O)(=O)C1Cc2cc(Br)ccc2C1=O. The fourth-order valence-corrected chi connectivity index (χ4v) is 3.19. The molecule has 0 radical (unpaired) electrons. The second-order valence-corrected chi connectivity index (χ2v) is 6.83. The van der Waals surface area contributed by atoms with Crippen LogP contribution in [0.15, 0.2) is 22.7 Å². The van der Waals surface area contributed by atoms with Gasteiger partial charge in [-0.05, 0) is 30.2 Å². The molecule has 1 aliphatic rings. The number of rotatable bonds is 1. The maximum absolute atomic E-state index is 11.8. The van der Waals surface area contributed by atoms with Crippen molar-refractivity contribution >= 4 is 31.6 Å². The Morgan fingerprint density at radius 3 is 2.67 bits per heavy atom. The summed E-state index contributed by atoms with van der Waals surface area (Å²) < 4.78 is 23.6. The van der Waals surface area contributed by atoms with Gasteiger partial charge in [-0.2, -0.15) is 0 Å². The van der Waals surface area contributed by atoms with E-state index < -0.39 is 15.1 Å². The fraction of sp³-hybridized carbons (Fsp3) is 0.300. The number of Topliss-reactive ketones (excluding diaryl/α,β-unsaturated/α-hetero) is 1. The number of benzene rings is 1. The zero-order valence-corrected chi connectivity index (χ0v) is 10.4. The van der Waals surface area contributed by atoms with Gasteiger partial charge in [0, 0.05) is 16.3 Å². The van der Waals surface area contributed by atoms with Gasteiger partial charge < -0.3 is 0 Å². The molecule has 0 aliphatic heterocycles. The van der Waals surface area contributed by atoms with Gasteiger partial charge in [0.05, 0.1) is 0 Å². The average molecular weight is 289 g/mol. The first kappa shape index (κ1) is 10.8. The summed E-state index contributed by atoms with van der Waals surface area (Å²) in [5.41, 5.74) is 1.35. The van der Waals surface area contributed by atoms with Crippen molar-refractivity contribution in [2.75, 3.05) is 6.26 Å². The number of hydrogen-bond donors (Lipinski definition) is 0. The number of fused-ring (bicyclic) bond motifs is 1. The van der Waals surface area contributed by atoms with E-state index >= 15 is 0 Å². The van der Waals surface area contributed by atoms with Crippen LogP contribution in [0, 0.1) is 0 Å². The van der Waals surface area contributed by atoms with Gasteiger partial charge in [0.25, 0.3) is 0 Å². The standard InChI is InChI=1S/C10H9BrO3S/c1-15(13,14)9-5-6-4-7(11)2-3-8(6)10(9)12/h2-4,9H,5H2,1H3. The number of carbonyl (C=O) groups is 1. The zero-order chi connectivity index (χ0) is 11.2. The molecule has 0 fully saturated rings. The summed E-state index contributed by atoms with van der Waals surface area (Å²) >= 11 is 3.29. The van der Waals surface area contributed by atoms with Crippen LogP contribution in [-0.2, 0) is 16.3 Å². The molecule has 1 unspecified atom stereocenters. The Morgan fingerprint density at radius 2 is 2.07 bits per heavy atom. The monoisotopic (exact) mass is 288 g/mol. The molecule has 1 atom stereocenters. The van der Waals surface area contributed by atoms with Crippen LogP contribution in [0.5, 0.6) is 0 Å². The number of hydrogen-bond acceptors (Lipinski definition) is 3. The lowest BCUT2D eigenvalue weighted by Gasteiger charge is -2.03. The summed E-state index contributed by atoms with van der Waals surface area (Å²) in [7, 11) is -3.30.